The van der Waals surface area contributed by atoms with E-state index in [1.807, 2.05) is 0 Å². The molecule has 0 aromatic rings. The monoisotopic (exact) mass is 254 g/mol. The zero-order chi connectivity index (χ0) is 12.6. The number of carbonyl (C=O) groups excluding carboxylic acids is 1. The van der Waals surface area contributed by atoms with Gasteiger partial charge in [-0.25, -0.2) is 0 Å². The summed E-state index contributed by atoms with van der Waals surface area (Å²) < 4.78 is 26.3. The van der Waals surface area contributed by atoms with Crippen molar-refractivity contribution < 1.29 is 27.6 Å². The summed E-state index contributed by atoms with van der Waals surface area (Å²) in [5, 5.41) is 17.9. The Labute approximate surface area is 95.4 Å². The van der Waals surface area contributed by atoms with Crippen LogP contribution in [0.2, 0.25) is 0 Å². The fourth-order valence-electron chi connectivity index (χ4n) is 1.20. The van der Waals surface area contributed by atoms with Crippen LogP contribution in [-0.2, 0) is 19.1 Å². The highest BCUT2D eigenvalue weighted by Crippen LogP contribution is 2.07. The lowest BCUT2D eigenvalue weighted by atomic mass is 10.1. The summed E-state index contributed by atoms with van der Waals surface area (Å²) in [6, 6.07) is 0. The van der Waals surface area contributed by atoms with E-state index in [9.17, 15) is 18.3 Å². The molecule has 96 valence electrons. The maximum Gasteiger partial charge on any atom is 0.319 e. The first-order valence-corrected chi connectivity index (χ1v) is 6.67. The quantitative estimate of drug-likeness (QED) is 0.459. The van der Waals surface area contributed by atoms with E-state index in [-0.39, 0.29) is 6.61 Å². The summed E-state index contributed by atoms with van der Waals surface area (Å²) >= 11 is 0. The third kappa shape index (κ3) is 8.63. The predicted octanol–water partition coefficient (Wildman–Crippen LogP) is -0.207. The van der Waals surface area contributed by atoms with Crippen molar-refractivity contribution in [3.63, 3.8) is 0 Å². The number of unbranched alkanes of at least 4 members (excludes halogenated alkanes) is 2. The summed E-state index contributed by atoms with van der Waals surface area (Å²) in [6.07, 6.45) is 1.24. The van der Waals surface area contributed by atoms with E-state index in [0.29, 0.717) is 19.3 Å². The molecular formula is C9H18O6S. The van der Waals surface area contributed by atoms with Crippen LogP contribution in [0.4, 0.5) is 0 Å². The van der Waals surface area contributed by atoms with Gasteiger partial charge < -0.3 is 14.4 Å². The van der Waals surface area contributed by atoms with Gasteiger partial charge in [0.15, 0.2) is 0 Å². The number of rotatable bonds is 8. The van der Waals surface area contributed by atoms with Crippen LogP contribution in [0.3, 0.4) is 0 Å². The minimum Gasteiger partial charge on any atom is -0.396 e. The van der Waals surface area contributed by atoms with Crippen molar-refractivity contribution in [1.82, 2.24) is 0 Å². The molecule has 0 aromatic heterocycles. The lowest BCUT2D eigenvalue weighted by molar-refractivity contribution is -0.131. The van der Waals surface area contributed by atoms with Gasteiger partial charge in [-0.15, -0.1) is 0 Å². The van der Waals surface area contributed by atoms with Gasteiger partial charge in [-0.05, 0) is 12.8 Å². The second-order valence-electron chi connectivity index (χ2n) is 3.53. The van der Waals surface area contributed by atoms with E-state index in [2.05, 4.69) is 4.18 Å². The van der Waals surface area contributed by atoms with Crippen LogP contribution in [0.25, 0.3) is 0 Å². The molecule has 16 heavy (non-hydrogen) atoms. The SMILES string of the molecule is CC(=O)OS(=O)(=O)CC(O)CCCCCO. The number of aliphatic hydroxyl groups excluding tert-OH is 2. The summed E-state index contributed by atoms with van der Waals surface area (Å²) in [6.45, 7) is 1.08. The molecular weight excluding hydrogens is 236 g/mol. The molecule has 2 N–H and O–H groups in total. The van der Waals surface area contributed by atoms with E-state index < -0.39 is 27.9 Å². The zero-order valence-corrected chi connectivity index (χ0v) is 10.1. The normalized spacial score (nSPS) is 13.4. The number of aliphatic hydroxyl groups is 2. The summed E-state index contributed by atoms with van der Waals surface area (Å²) in [4.78, 5) is 10.4. The Morgan fingerprint density at radius 2 is 1.94 bits per heavy atom. The molecule has 6 nitrogen and oxygen atoms in total. The smallest absolute Gasteiger partial charge is 0.319 e. The van der Waals surface area contributed by atoms with Gasteiger partial charge in [0.05, 0.1) is 6.10 Å². The molecule has 1 atom stereocenters. The topological polar surface area (TPSA) is 101 Å². The maximum atomic E-state index is 11.1. The molecule has 0 aromatic carbocycles. The Kier molecular flexibility index (Phi) is 7.27. The van der Waals surface area contributed by atoms with Crippen molar-refractivity contribution >= 4 is 16.1 Å². The van der Waals surface area contributed by atoms with Crippen LogP contribution in [0, 0.1) is 0 Å². The highest BCUT2D eigenvalue weighted by Gasteiger charge is 2.19. The molecule has 0 saturated carbocycles. The van der Waals surface area contributed by atoms with Crippen molar-refractivity contribution in [3.05, 3.63) is 0 Å². The van der Waals surface area contributed by atoms with Gasteiger partial charge in [0.2, 0.25) is 0 Å². The maximum absolute atomic E-state index is 11.1. The van der Waals surface area contributed by atoms with Gasteiger partial charge >= 0.3 is 16.1 Å². The van der Waals surface area contributed by atoms with E-state index in [4.69, 9.17) is 5.11 Å². The third-order valence-corrected chi connectivity index (χ3v) is 3.12. The molecule has 0 fully saturated rings. The Bertz CT molecular complexity index is 297. The minimum absolute atomic E-state index is 0.0852. The van der Waals surface area contributed by atoms with Gasteiger partial charge in [-0.2, -0.15) is 8.42 Å². The van der Waals surface area contributed by atoms with Gasteiger partial charge in [0, 0.05) is 13.5 Å². The molecule has 1 unspecified atom stereocenters. The zero-order valence-electron chi connectivity index (χ0n) is 9.26. The van der Waals surface area contributed by atoms with Crippen molar-refractivity contribution in [3.8, 4) is 0 Å². The average Bonchev–Trinajstić information content (AvgIpc) is 2.09. The highest BCUT2D eigenvalue weighted by molar-refractivity contribution is 7.87. The molecule has 0 aliphatic carbocycles. The van der Waals surface area contributed by atoms with E-state index in [0.717, 1.165) is 13.3 Å². The largest absolute Gasteiger partial charge is 0.396 e. The first-order valence-electron chi connectivity index (χ1n) is 5.09. The fourth-order valence-corrected chi connectivity index (χ4v) is 2.26. The van der Waals surface area contributed by atoms with Crippen molar-refractivity contribution in [1.29, 1.82) is 0 Å². The van der Waals surface area contributed by atoms with E-state index in [1.54, 1.807) is 0 Å². The third-order valence-electron chi connectivity index (χ3n) is 1.84. The van der Waals surface area contributed by atoms with Crippen LogP contribution < -0.4 is 0 Å². The number of carbonyl (C=O) groups is 1. The van der Waals surface area contributed by atoms with E-state index >= 15 is 0 Å². The van der Waals surface area contributed by atoms with Gasteiger partial charge in [0.25, 0.3) is 0 Å². The van der Waals surface area contributed by atoms with Crippen LogP contribution >= 0.6 is 0 Å². The van der Waals surface area contributed by atoms with Crippen LogP contribution in [0.5, 0.6) is 0 Å². The molecule has 0 aliphatic heterocycles. The van der Waals surface area contributed by atoms with Crippen molar-refractivity contribution in [2.45, 2.75) is 38.7 Å². The molecule has 0 aliphatic rings. The van der Waals surface area contributed by atoms with Crippen LogP contribution in [0.1, 0.15) is 32.6 Å². The second kappa shape index (κ2) is 7.59. The molecule has 0 rings (SSSR count). The summed E-state index contributed by atoms with van der Waals surface area (Å²) in [5.74, 6) is -1.49. The van der Waals surface area contributed by atoms with Crippen LogP contribution in [0.15, 0.2) is 0 Å². The molecule has 0 heterocycles. The first-order chi connectivity index (χ1) is 7.37. The standard InChI is InChI=1S/C9H18O6S/c1-8(11)15-16(13,14)7-9(12)5-3-2-4-6-10/h9-10,12H,2-7H2,1H3. The lowest BCUT2D eigenvalue weighted by Gasteiger charge is -2.10. The molecule has 7 heteroatoms. The number of hydrogen-bond acceptors (Lipinski definition) is 6. The predicted molar refractivity (Wildman–Crippen MR) is 57.1 cm³/mol. The Hall–Kier alpha value is -0.660. The van der Waals surface area contributed by atoms with Crippen LogP contribution in [-0.4, -0.2) is 43.1 Å². The fraction of sp³-hybridized carbons (Fsp3) is 0.889. The summed E-state index contributed by atoms with van der Waals surface area (Å²) in [7, 11) is -3.97. The number of hydrogen-bond donors (Lipinski definition) is 2. The second-order valence-corrected chi connectivity index (χ2v) is 5.14. The molecule has 0 saturated heterocycles. The highest BCUT2D eigenvalue weighted by atomic mass is 32.2. The van der Waals surface area contributed by atoms with Crippen molar-refractivity contribution in [2.24, 2.45) is 0 Å². The Morgan fingerprint density at radius 3 is 2.44 bits per heavy atom. The molecule has 0 bridgehead atoms. The molecule has 0 radical (unpaired) electrons. The molecule has 0 amide bonds. The first kappa shape index (κ1) is 15.3. The summed E-state index contributed by atoms with van der Waals surface area (Å²) in [5.41, 5.74) is 0. The van der Waals surface area contributed by atoms with Gasteiger partial charge in [0.1, 0.15) is 5.75 Å². The molecule has 0 spiro atoms. The minimum atomic E-state index is -3.97. The Balaban J connectivity index is 3.85. The lowest BCUT2D eigenvalue weighted by Crippen LogP contribution is -2.24. The Morgan fingerprint density at radius 1 is 1.31 bits per heavy atom. The van der Waals surface area contributed by atoms with E-state index in [1.165, 1.54) is 0 Å². The van der Waals surface area contributed by atoms with Gasteiger partial charge in [-0.1, -0.05) is 12.8 Å². The van der Waals surface area contributed by atoms with Gasteiger partial charge in [-0.3, -0.25) is 4.79 Å². The van der Waals surface area contributed by atoms with Crippen molar-refractivity contribution in [2.75, 3.05) is 12.4 Å². The average molecular weight is 254 g/mol.